The van der Waals surface area contributed by atoms with Crippen molar-refractivity contribution in [1.29, 1.82) is 0 Å². The van der Waals surface area contributed by atoms with Crippen LogP contribution < -0.4 is 22.3 Å². The van der Waals surface area contributed by atoms with Crippen LogP contribution in [-0.2, 0) is 18.4 Å². The van der Waals surface area contributed by atoms with Crippen molar-refractivity contribution in [3.63, 3.8) is 0 Å². The van der Waals surface area contributed by atoms with Crippen LogP contribution in [-0.4, -0.2) is 15.6 Å². The number of nitrogens with one attached hydrogen (secondary N) is 1. The molecule has 0 saturated carbocycles. The lowest BCUT2D eigenvalue weighted by atomic mass is 10.2. The first kappa shape index (κ1) is 15.0. The Morgan fingerprint density at radius 1 is 1.47 bits per heavy atom. The zero-order chi connectivity index (χ0) is 13.1. The van der Waals surface area contributed by atoms with Crippen molar-refractivity contribution in [1.82, 2.24) is 4.57 Å². The van der Waals surface area contributed by atoms with Gasteiger partial charge in [0.05, 0.1) is 7.05 Å². The van der Waals surface area contributed by atoms with Crippen LogP contribution >= 0.6 is 0 Å². The third-order valence-electron chi connectivity index (χ3n) is 2.64. The summed E-state index contributed by atoms with van der Waals surface area (Å²) >= 11 is 0. The van der Waals surface area contributed by atoms with E-state index < -0.39 is 0 Å². The van der Waals surface area contributed by atoms with Crippen molar-refractivity contribution < 1.29 is 26.9 Å². The summed E-state index contributed by atoms with van der Waals surface area (Å²) in [5, 5.41) is 12.3. The number of carbonyl (C=O) groups is 1. The average molecular weight is 282 g/mol. The molecule has 6 heteroatoms. The minimum atomic E-state index is -0.130. The zero-order valence-electron chi connectivity index (χ0n) is 10.8. The number of aromatic nitrogens is 2. The number of aryl methyl sites for hydroxylation is 2. The maximum atomic E-state index is 11.8. The van der Waals surface area contributed by atoms with Gasteiger partial charge >= 0.3 is 0 Å². The number of rotatable bonds is 3. The summed E-state index contributed by atoms with van der Waals surface area (Å²) in [6.45, 7) is 2.05. The van der Waals surface area contributed by atoms with E-state index in [4.69, 9.17) is 0 Å². The minimum absolute atomic E-state index is 0. The highest BCUT2D eigenvalue weighted by Gasteiger charge is 2.08. The number of amides is 1. The van der Waals surface area contributed by atoms with E-state index in [1.54, 1.807) is 29.7 Å². The molecule has 102 valence electrons. The second kappa shape index (κ2) is 6.24. The molecule has 0 fully saturated rings. The predicted molar refractivity (Wildman–Crippen MR) is 67.1 cm³/mol. The van der Waals surface area contributed by atoms with Crippen LogP contribution in [0.15, 0.2) is 36.9 Å². The average Bonchev–Trinajstić information content (AvgIpc) is 2.69. The SMILES string of the molecule is Cc1ccc(NC(=O)Cn2cc[n+](C)c2)cc1O.[Cl-]. The number of phenols is 1. The smallest absolute Gasteiger partial charge is 0.266 e. The summed E-state index contributed by atoms with van der Waals surface area (Å²) in [5.74, 6) is 0.0506. The van der Waals surface area contributed by atoms with Crippen molar-refractivity contribution in [2.75, 3.05) is 5.32 Å². The van der Waals surface area contributed by atoms with E-state index in [0.29, 0.717) is 5.69 Å². The Kier molecular flexibility index (Phi) is 4.94. The van der Waals surface area contributed by atoms with Gasteiger partial charge in [-0.3, -0.25) is 4.79 Å². The van der Waals surface area contributed by atoms with Gasteiger partial charge in [-0.05, 0) is 18.6 Å². The molecule has 2 rings (SSSR count). The summed E-state index contributed by atoms with van der Waals surface area (Å²) in [5.41, 5.74) is 1.38. The third-order valence-corrected chi connectivity index (χ3v) is 2.64. The second-order valence-corrected chi connectivity index (χ2v) is 4.30. The number of hydrogen-bond acceptors (Lipinski definition) is 2. The molecule has 0 aliphatic heterocycles. The first-order valence-electron chi connectivity index (χ1n) is 5.65. The van der Waals surface area contributed by atoms with Crippen LogP contribution in [0.1, 0.15) is 5.56 Å². The molecule has 1 heterocycles. The van der Waals surface area contributed by atoms with Gasteiger partial charge in [0, 0.05) is 11.8 Å². The number of hydrogen-bond donors (Lipinski definition) is 2. The van der Waals surface area contributed by atoms with Crippen LogP contribution in [0, 0.1) is 6.92 Å². The molecule has 2 N–H and O–H groups in total. The standard InChI is InChI=1S/C13H15N3O2.ClH/c1-10-3-4-11(7-12(10)17)14-13(18)8-16-6-5-15(2)9-16;/h3-7,9H,8H2,1-2H3,(H-,14,17,18);1H. The quantitative estimate of drug-likeness (QED) is 0.638. The Morgan fingerprint density at radius 3 is 2.79 bits per heavy atom. The van der Waals surface area contributed by atoms with E-state index >= 15 is 0 Å². The lowest BCUT2D eigenvalue weighted by molar-refractivity contribution is -0.671. The molecule has 1 aromatic heterocycles. The monoisotopic (exact) mass is 281 g/mol. The van der Waals surface area contributed by atoms with E-state index in [-0.39, 0.29) is 30.6 Å². The van der Waals surface area contributed by atoms with Crippen LogP contribution in [0.3, 0.4) is 0 Å². The fraction of sp³-hybridized carbons (Fsp3) is 0.231. The van der Waals surface area contributed by atoms with Gasteiger partial charge in [0.1, 0.15) is 18.1 Å². The number of anilines is 1. The largest absolute Gasteiger partial charge is 1.00 e. The Morgan fingerprint density at radius 2 is 2.21 bits per heavy atom. The molecule has 5 nitrogen and oxygen atoms in total. The van der Waals surface area contributed by atoms with Gasteiger partial charge < -0.3 is 22.8 Å². The summed E-state index contributed by atoms with van der Waals surface area (Å²) in [4.78, 5) is 11.8. The Balaban J connectivity index is 0.00000180. The zero-order valence-corrected chi connectivity index (χ0v) is 11.6. The number of benzene rings is 1. The highest BCUT2D eigenvalue weighted by Crippen LogP contribution is 2.20. The molecule has 1 amide bonds. The molecule has 0 saturated heterocycles. The first-order chi connectivity index (χ1) is 8.54. The van der Waals surface area contributed by atoms with Crippen molar-refractivity contribution in [2.45, 2.75) is 13.5 Å². The molecule has 0 spiro atoms. The fourth-order valence-electron chi connectivity index (χ4n) is 1.65. The Labute approximate surface area is 117 Å². The van der Waals surface area contributed by atoms with Crippen LogP contribution in [0.5, 0.6) is 5.75 Å². The molecule has 0 radical (unpaired) electrons. The maximum Gasteiger partial charge on any atom is 0.266 e. The van der Waals surface area contributed by atoms with E-state index in [0.717, 1.165) is 5.56 Å². The maximum absolute atomic E-state index is 11.8. The summed E-state index contributed by atoms with van der Waals surface area (Å²) in [7, 11) is 1.90. The van der Waals surface area contributed by atoms with Crippen LogP contribution in [0.25, 0.3) is 0 Å². The highest BCUT2D eigenvalue weighted by molar-refractivity contribution is 5.90. The number of imidazole rings is 1. The van der Waals surface area contributed by atoms with Gasteiger partial charge in [-0.15, -0.1) is 0 Å². The van der Waals surface area contributed by atoms with Gasteiger partial charge in [0.15, 0.2) is 6.54 Å². The Bertz CT molecular complexity index is 581. The van der Waals surface area contributed by atoms with Gasteiger partial charge in [0.25, 0.3) is 5.91 Å². The first-order valence-corrected chi connectivity index (χ1v) is 5.65. The van der Waals surface area contributed by atoms with Crippen LogP contribution in [0.4, 0.5) is 5.69 Å². The highest BCUT2D eigenvalue weighted by atomic mass is 35.5. The molecule has 1 aromatic carbocycles. The van der Waals surface area contributed by atoms with E-state index in [9.17, 15) is 9.90 Å². The van der Waals surface area contributed by atoms with Gasteiger partial charge in [-0.1, -0.05) is 6.07 Å². The molecular weight excluding hydrogens is 266 g/mol. The Hall–Kier alpha value is -2.01. The van der Waals surface area contributed by atoms with Crippen molar-refractivity contribution in [2.24, 2.45) is 7.05 Å². The number of aromatic hydroxyl groups is 1. The van der Waals surface area contributed by atoms with Crippen molar-refractivity contribution in [3.05, 3.63) is 42.5 Å². The molecular formula is C13H16ClN3O2. The molecule has 2 aromatic rings. The summed E-state index contributed by atoms with van der Waals surface area (Å²) < 4.78 is 3.65. The van der Waals surface area contributed by atoms with E-state index in [1.807, 2.05) is 30.3 Å². The summed E-state index contributed by atoms with van der Waals surface area (Å²) in [6.07, 6.45) is 5.52. The molecule has 0 unspecified atom stereocenters. The molecule has 0 aliphatic carbocycles. The second-order valence-electron chi connectivity index (χ2n) is 4.30. The molecule has 0 atom stereocenters. The predicted octanol–water partition coefficient (Wildman–Crippen LogP) is -2.03. The van der Waals surface area contributed by atoms with Gasteiger partial charge in [0.2, 0.25) is 6.33 Å². The number of halogens is 1. The minimum Gasteiger partial charge on any atom is -1.00 e. The normalized spacial score (nSPS) is 9.79. The number of nitrogens with zero attached hydrogens (tertiary/aromatic N) is 2. The van der Waals surface area contributed by atoms with Gasteiger partial charge in [-0.25, -0.2) is 9.13 Å². The van der Waals surface area contributed by atoms with E-state index in [1.165, 1.54) is 0 Å². The van der Waals surface area contributed by atoms with Crippen molar-refractivity contribution >= 4 is 11.6 Å². The van der Waals surface area contributed by atoms with E-state index in [2.05, 4.69) is 5.32 Å². The number of carbonyl (C=O) groups excluding carboxylic acids is 1. The fourth-order valence-corrected chi connectivity index (χ4v) is 1.65. The molecule has 19 heavy (non-hydrogen) atoms. The van der Waals surface area contributed by atoms with Crippen molar-refractivity contribution in [3.8, 4) is 5.75 Å². The van der Waals surface area contributed by atoms with Crippen LogP contribution in [0.2, 0.25) is 0 Å². The lowest BCUT2D eigenvalue weighted by Crippen LogP contribution is -3.00. The van der Waals surface area contributed by atoms with Gasteiger partial charge in [-0.2, -0.15) is 0 Å². The molecule has 0 aliphatic rings. The summed E-state index contributed by atoms with van der Waals surface area (Å²) in [6, 6.07) is 5.08. The number of phenolic OH excluding ortho intramolecular Hbond substituents is 1. The lowest BCUT2D eigenvalue weighted by Gasteiger charge is -2.05. The third kappa shape index (κ3) is 3.99. The topological polar surface area (TPSA) is 58.1 Å². The molecule has 0 bridgehead atoms.